The van der Waals surface area contributed by atoms with Crippen LogP contribution in [0, 0.1) is 0 Å². The molecule has 0 saturated carbocycles. The number of nitrogens with two attached hydrogens (primary N) is 1. The van der Waals surface area contributed by atoms with Crippen LogP contribution in [0.3, 0.4) is 0 Å². The zero-order valence-electron chi connectivity index (χ0n) is 8.56. The molecule has 0 aromatic rings. The predicted octanol–water partition coefficient (Wildman–Crippen LogP) is -1.16. The van der Waals surface area contributed by atoms with Crippen molar-refractivity contribution in [3.05, 3.63) is 0 Å². The van der Waals surface area contributed by atoms with Crippen LogP contribution in [-0.4, -0.2) is 46.1 Å². The Bertz CT molecular complexity index is 194. The summed E-state index contributed by atoms with van der Waals surface area (Å²) in [5.74, 6) is 0.0706. The molecule has 0 aromatic carbocycles. The van der Waals surface area contributed by atoms with Crippen molar-refractivity contribution in [3.63, 3.8) is 0 Å². The van der Waals surface area contributed by atoms with Gasteiger partial charge in [-0.1, -0.05) is 12.1 Å². The zero-order chi connectivity index (χ0) is 11.2. The van der Waals surface area contributed by atoms with Gasteiger partial charge in [0.05, 0.1) is 18.2 Å². The minimum Gasteiger partial charge on any atom is -0.409 e. The van der Waals surface area contributed by atoms with Crippen LogP contribution in [0.25, 0.3) is 0 Å². The molecule has 0 aliphatic carbocycles. The lowest BCUT2D eigenvalue weighted by Gasteiger charge is -2.24. The average Bonchev–Trinajstić information content (AvgIpc) is 2.18. The van der Waals surface area contributed by atoms with Gasteiger partial charge in [-0.25, -0.2) is 0 Å². The number of aliphatic hydroxyl groups is 2. The highest BCUT2D eigenvalue weighted by Crippen LogP contribution is 2.00. The number of oxime groups is 1. The molecule has 84 valence electrons. The topological polar surface area (TPSA) is 111 Å². The van der Waals surface area contributed by atoms with Gasteiger partial charge in [0.25, 0.3) is 0 Å². The number of aliphatic hydroxyl groups excluding tert-OH is 1. The van der Waals surface area contributed by atoms with Crippen molar-refractivity contribution < 1.29 is 15.4 Å². The normalized spacial score (nSPS) is 19.0. The van der Waals surface area contributed by atoms with Crippen molar-refractivity contribution in [1.82, 2.24) is 5.32 Å². The van der Waals surface area contributed by atoms with E-state index in [1.807, 2.05) is 6.92 Å². The van der Waals surface area contributed by atoms with Crippen molar-refractivity contribution in [2.24, 2.45) is 10.9 Å². The summed E-state index contributed by atoms with van der Waals surface area (Å²) in [7, 11) is 0. The van der Waals surface area contributed by atoms with E-state index in [0.29, 0.717) is 6.42 Å². The van der Waals surface area contributed by atoms with Crippen LogP contribution in [0.15, 0.2) is 5.16 Å². The third-order valence-electron chi connectivity index (χ3n) is 1.95. The fraction of sp³-hybridized carbons (Fsp3) is 0.875. The SMILES string of the molecule is CCC(NCC(C)(O)CO)C(N)=NO. The lowest BCUT2D eigenvalue weighted by Crippen LogP contribution is -2.49. The average molecular weight is 205 g/mol. The summed E-state index contributed by atoms with van der Waals surface area (Å²) in [5, 5.41) is 32.4. The van der Waals surface area contributed by atoms with Gasteiger partial charge in [0.1, 0.15) is 0 Å². The Morgan fingerprint density at radius 3 is 2.57 bits per heavy atom. The van der Waals surface area contributed by atoms with Crippen LogP contribution in [0.2, 0.25) is 0 Å². The molecular formula is C8H19N3O3. The monoisotopic (exact) mass is 205 g/mol. The largest absolute Gasteiger partial charge is 0.409 e. The highest BCUT2D eigenvalue weighted by atomic mass is 16.4. The summed E-state index contributed by atoms with van der Waals surface area (Å²) in [6.07, 6.45) is 0.636. The maximum absolute atomic E-state index is 9.47. The molecule has 0 rings (SSSR count). The van der Waals surface area contributed by atoms with E-state index in [1.54, 1.807) is 0 Å². The Morgan fingerprint density at radius 2 is 2.21 bits per heavy atom. The molecule has 6 heteroatoms. The Hall–Kier alpha value is -0.850. The Kier molecular flexibility index (Phi) is 5.44. The fourth-order valence-electron chi connectivity index (χ4n) is 0.927. The molecular weight excluding hydrogens is 186 g/mol. The van der Waals surface area contributed by atoms with E-state index in [-0.39, 0.29) is 25.0 Å². The van der Waals surface area contributed by atoms with Gasteiger partial charge < -0.3 is 26.5 Å². The third-order valence-corrected chi connectivity index (χ3v) is 1.95. The third kappa shape index (κ3) is 4.40. The minimum atomic E-state index is -1.19. The molecule has 0 saturated heterocycles. The van der Waals surface area contributed by atoms with Crippen LogP contribution >= 0.6 is 0 Å². The summed E-state index contributed by atoms with van der Waals surface area (Å²) >= 11 is 0. The molecule has 0 fully saturated rings. The number of amidine groups is 1. The number of nitrogens with one attached hydrogen (secondary N) is 1. The van der Waals surface area contributed by atoms with Crippen LogP contribution < -0.4 is 11.1 Å². The molecule has 6 nitrogen and oxygen atoms in total. The first kappa shape index (κ1) is 13.2. The van der Waals surface area contributed by atoms with Crippen molar-refractivity contribution in [2.45, 2.75) is 31.9 Å². The van der Waals surface area contributed by atoms with Gasteiger partial charge in [-0.05, 0) is 13.3 Å². The second-order valence-corrected chi connectivity index (χ2v) is 3.52. The van der Waals surface area contributed by atoms with Gasteiger partial charge >= 0.3 is 0 Å². The highest BCUT2D eigenvalue weighted by molar-refractivity contribution is 5.85. The molecule has 0 aliphatic heterocycles. The van der Waals surface area contributed by atoms with Gasteiger partial charge in [-0.2, -0.15) is 0 Å². The van der Waals surface area contributed by atoms with Gasteiger partial charge in [0.2, 0.25) is 0 Å². The van der Waals surface area contributed by atoms with Crippen LogP contribution in [0.4, 0.5) is 0 Å². The molecule has 0 spiro atoms. The molecule has 0 bridgehead atoms. The number of hydrogen-bond acceptors (Lipinski definition) is 5. The first-order valence-corrected chi connectivity index (χ1v) is 4.51. The van der Waals surface area contributed by atoms with Crippen molar-refractivity contribution in [1.29, 1.82) is 0 Å². The predicted molar refractivity (Wildman–Crippen MR) is 53.2 cm³/mol. The molecule has 2 unspecified atom stereocenters. The molecule has 6 N–H and O–H groups in total. The summed E-state index contributed by atoms with van der Waals surface area (Å²) in [6, 6.07) is -0.293. The minimum absolute atomic E-state index is 0.0706. The fourth-order valence-corrected chi connectivity index (χ4v) is 0.927. The van der Waals surface area contributed by atoms with Crippen molar-refractivity contribution in [3.8, 4) is 0 Å². The Labute approximate surface area is 83.4 Å². The molecule has 2 atom stereocenters. The first-order valence-electron chi connectivity index (χ1n) is 4.51. The van der Waals surface area contributed by atoms with Gasteiger partial charge in [-0.15, -0.1) is 0 Å². The number of hydrogen-bond donors (Lipinski definition) is 5. The molecule has 14 heavy (non-hydrogen) atoms. The van der Waals surface area contributed by atoms with E-state index >= 15 is 0 Å². The van der Waals surface area contributed by atoms with E-state index in [0.717, 1.165) is 0 Å². The number of nitrogens with zero attached hydrogens (tertiary/aromatic N) is 1. The summed E-state index contributed by atoms with van der Waals surface area (Å²) in [6.45, 7) is 3.20. The first-order chi connectivity index (χ1) is 6.46. The lowest BCUT2D eigenvalue weighted by atomic mass is 10.1. The van der Waals surface area contributed by atoms with Gasteiger partial charge in [0.15, 0.2) is 5.84 Å². The van der Waals surface area contributed by atoms with Gasteiger partial charge in [0, 0.05) is 6.54 Å². The summed E-state index contributed by atoms with van der Waals surface area (Å²) in [4.78, 5) is 0. The van der Waals surface area contributed by atoms with Gasteiger partial charge in [-0.3, -0.25) is 0 Å². The quantitative estimate of drug-likeness (QED) is 0.163. The van der Waals surface area contributed by atoms with Crippen LogP contribution in [0.5, 0.6) is 0 Å². The van der Waals surface area contributed by atoms with Crippen LogP contribution in [-0.2, 0) is 0 Å². The zero-order valence-corrected chi connectivity index (χ0v) is 8.56. The molecule has 0 aromatic heterocycles. The van der Waals surface area contributed by atoms with E-state index in [2.05, 4.69) is 10.5 Å². The van der Waals surface area contributed by atoms with E-state index in [4.69, 9.17) is 16.0 Å². The molecule has 0 radical (unpaired) electrons. The van der Waals surface area contributed by atoms with Crippen LogP contribution in [0.1, 0.15) is 20.3 Å². The standard InChI is InChI=1S/C8H19N3O3/c1-3-6(7(9)11-14)10-4-8(2,13)5-12/h6,10,12-14H,3-5H2,1-2H3,(H2,9,11). The molecule has 0 heterocycles. The lowest BCUT2D eigenvalue weighted by molar-refractivity contribution is 0.00189. The Morgan fingerprint density at radius 1 is 1.64 bits per heavy atom. The second kappa shape index (κ2) is 5.79. The highest BCUT2D eigenvalue weighted by Gasteiger charge is 2.21. The number of rotatable bonds is 6. The molecule has 0 amide bonds. The van der Waals surface area contributed by atoms with E-state index in [1.165, 1.54) is 6.92 Å². The van der Waals surface area contributed by atoms with E-state index < -0.39 is 5.60 Å². The Balaban J connectivity index is 4.09. The summed E-state index contributed by atoms with van der Waals surface area (Å²) in [5.41, 5.74) is 4.20. The molecule has 0 aliphatic rings. The maximum Gasteiger partial charge on any atom is 0.156 e. The van der Waals surface area contributed by atoms with Crippen molar-refractivity contribution >= 4 is 5.84 Å². The van der Waals surface area contributed by atoms with Crippen molar-refractivity contribution in [2.75, 3.05) is 13.2 Å². The second-order valence-electron chi connectivity index (χ2n) is 3.52. The summed E-state index contributed by atoms with van der Waals surface area (Å²) < 4.78 is 0. The maximum atomic E-state index is 9.47. The van der Waals surface area contributed by atoms with E-state index in [9.17, 15) is 5.11 Å². The smallest absolute Gasteiger partial charge is 0.156 e.